The molecule has 1 saturated heterocycles. The average Bonchev–Trinajstić information content (AvgIpc) is 3.20. The predicted molar refractivity (Wildman–Crippen MR) is 110 cm³/mol. The van der Waals surface area contributed by atoms with Crippen LogP contribution >= 0.6 is 23.7 Å². The standard InChI is InChI=1S/C20H22N2O3S.ClH/c23-19(17-6-5-13-25-17)15-7-8-16-18(14-15)26-20(24)22(16)12-11-21-9-3-1-2-4-10-21;/h5-8,13-14H,1-4,9-12H2;1H. The Morgan fingerprint density at radius 1 is 1.07 bits per heavy atom. The van der Waals surface area contributed by atoms with Crippen molar-refractivity contribution in [1.29, 1.82) is 0 Å². The molecule has 27 heavy (non-hydrogen) atoms. The van der Waals surface area contributed by atoms with Crippen LogP contribution in [0.5, 0.6) is 0 Å². The fourth-order valence-electron chi connectivity index (χ4n) is 3.57. The van der Waals surface area contributed by atoms with Crippen molar-refractivity contribution in [1.82, 2.24) is 9.47 Å². The molecule has 2 aromatic heterocycles. The van der Waals surface area contributed by atoms with Gasteiger partial charge in [0.1, 0.15) is 0 Å². The molecular weight excluding hydrogens is 384 g/mol. The number of furan rings is 1. The third-order valence-corrected chi connectivity index (χ3v) is 5.96. The van der Waals surface area contributed by atoms with Crippen LogP contribution in [0.4, 0.5) is 0 Å². The number of thiazole rings is 1. The molecule has 0 atom stereocenters. The minimum atomic E-state index is -0.158. The third-order valence-electron chi connectivity index (χ3n) is 5.01. The number of benzene rings is 1. The molecule has 4 rings (SSSR count). The second-order valence-corrected chi connectivity index (χ2v) is 7.76. The van der Waals surface area contributed by atoms with Crippen LogP contribution in [0.2, 0.25) is 0 Å². The zero-order chi connectivity index (χ0) is 17.9. The lowest BCUT2D eigenvalue weighted by Gasteiger charge is -2.19. The molecule has 0 radical (unpaired) electrons. The molecule has 0 amide bonds. The number of ketones is 1. The first-order valence-corrected chi connectivity index (χ1v) is 9.98. The van der Waals surface area contributed by atoms with E-state index in [0.717, 1.165) is 29.9 Å². The normalized spacial score (nSPS) is 15.4. The van der Waals surface area contributed by atoms with Crippen LogP contribution in [0, 0.1) is 0 Å². The molecule has 3 aromatic rings. The van der Waals surface area contributed by atoms with Crippen molar-refractivity contribution >= 4 is 39.7 Å². The predicted octanol–water partition coefficient (Wildman–Crippen LogP) is 4.18. The Labute approximate surface area is 168 Å². The quantitative estimate of drug-likeness (QED) is 0.596. The smallest absolute Gasteiger partial charge is 0.308 e. The molecular formula is C20H23ClN2O3S. The summed E-state index contributed by atoms with van der Waals surface area (Å²) in [4.78, 5) is 27.4. The second kappa shape index (κ2) is 8.87. The molecule has 1 aliphatic rings. The first-order chi connectivity index (χ1) is 12.7. The van der Waals surface area contributed by atoms with Crippen LogP contribution < -0.4 is 4.87 Å². The summed E-state index contributed by atoms with van der Waals surface area (Å²) >= 11 is 1.20. The molecule has 0 bridgehead atoms. The zero-order valence-corrected chi connectivity index (χ0v) is 16.7. The molecule has 7 heteroatoms. The second-order valence-electron chi connectivity index (χ2n) is 6.76. The Bertz CT molecular complexity index is 953. The number of hydrogen-bond acceptors (Lipinski definition) is 5. The van der Waals surface area contributed by atoms with Gasteiger partial charge in [0.2, 0.25) is 5.78 Å². The monoisotopic (exact) mass is 406 g/mol. The van der Waals surface area contributed by atoms with Gasteiger partial charge in [-0.2, -0.15) is 0 Å². The van der Waals surface area contributed by atoms with Gasteiger partial charge in [-0.25, -0.2) is 0 Å². The number of likely N-dealkylation sites (tertiary alicyclic amines) is 1. The number of rotatable bonds is 5. The summed E-state index contributed by atoms with van der Waals surface area (Å²) in [5, 5.41) is 0. The van der Waals surface area contributed by atoms with Crippen LogP contribution in [-0.4, -0.2) is 34.9 Å². The summed E-state index contributed by atoms with van der Waals surface area (Å²) in [7, 11) is 0. The highest BCUT2D eigenvalue weighted by molar-refractivity contribution is 7.16. The van der Waals surface area contributed by atoms with Gasteiger partial charge in [0, 0.05) is 18.7 Å². The molecule has 1 aliphatic heterocycles. The number of hydrogen-bond donors (Lipinski definition) is 0. The SMILES string of the molecule is Cl.O=C(c1ccc2c(c1)sc(=O)n2CCN1CCCCCC1)c1ccco1. The van der Waals surface area contributed by atoms with E-state index in [2.05, 4.69) is 4.90 Å². The molecule has 0 aliphatic carbocycles. The molecule has 0 spiro atoms. The van der Waals surface area contributed by atoms with Crippen LogP contribution in [0.1, 0.15) is 41.8 Å². The van der Waals surface area contributed by atoms with Gasteiger partial charge in [-0.3, -0.25) is 14.2 Å². The van der Waals surface area contributed by atoms with E-state index in [4.69, 9.17) is 4.42 Å². The Morgan fingerprint density at radius 2 is 1.85 bits per heavy atom. The molecule has 3 heterocycles. The van der Waals surface area contributed by atoms with Gasteiger partial charge in [-0.05, 0) is 56.3 Å². The fraction of sp³-hybridized carbons (Fsp3) is 0.400. The van der Waals surface area contributed by atoms with Crippen molar-refractivity contribution in [3.8, 4) is 0 Å². The number of halogens is 1. The van der Waals surface area contributed by atoms with Crippen LogP contribution in [0.25, 0.3) is 10.2 Å². The zero-order valence-electron chi connectivity index (χ0n) is 15.1. The van der Waals surface area contributed by atoms with Gasteiger partial charge in [0.05, 0.1) is 16.5 Å². The van der Waals surface area contributed by atoms with E-state index in [1.165, 1.54) is 43.3 Å². The Balaban J connectivity index is 0.00000210. The molecule has 1 fully saturated rings. The summed E-state index contributed by atoms with van der Waals surface area (Å²) in [6.07, 6.45) is 6.60. The van der Waals surface area contributed by atoms with Crippen LogP contribution in [0.3, 0.4) is 0 Å². The van der Waals surface area contributed by atoms with Gasteiger partial charge >= 0.3 is 4.87 Å². The molecule has 0 N–H and O–H groups in total. The van der Waals surface area contributed by atoms with Crippen molar-refractivity contribution in [2.24, 2.45) is 0 Å². The summed E-state index contributed by atoms with van der Waals surface area (Å²) in [5.41, 5.74) is 1.46. The number of nitrogens with zero attached hydrogens (tertiary/aromatic N) is 2. The van der Waals surface area contributed by atoms with Crippen molar-refractivity contribution in [2.75, 3.05) is 19.6 Å². The maximum absolute atomic E-state index is 12.4. The Kier molecular flexibility index (Phi) is 6.52. The van der Waals surface area contributed by atoms with E-state index in [1.807, 2.05) is 10.6 Å². The van der Waals surface area contributed by atoms with Gasteiger partial charge in [-0.1, -0.05) is 24.2 Å². The van der Waals surface area contributed by atoms with E-state index < -0.39 is 0 Å². The van der Waals surface area contributed by atoms with Crippen LogP contribution in [0.15, 0.2) is 45.8 Å². The topological polar surface area (TPSA) is 55.5 Å². The fourth-order valence-corrected chi connectivity index (χ4v) is 4.53. The first-order valence-electron chi connectivity index (χ1n) is 9.16. The van der Waals surface area contributed by atoms with Crippen molar-refractivity contribution in [2.45, 2.75) is 32.2 Å². The maximum Gasteiger partial charge on any atom is 0.308 e. The number of fused-ring (bicyclic) bond motifs is 1. The largest absolute Gasteiger partial charge is 0.461 e. The molecule has 144 valence electrons. The van der Waals surface area contributed by atoms with Gasteiger partial charge < -0.3 is 9.32 Å². The van der Waals surface area contributed by atoms with Crippen molar-refractivity contribution in [3.05, 3.63) is 57.6 Å². The van der Waals surface area contributed by atoms with E-state index in [1.54, 1.807) is 24.3 Å². The van der Waals surface area contributed by atoms with Crippen LogP contribution in [-0.2, 0) is 6.54 Å². The lowest BCUT2D eigenvalue weighted by Crippen LogP contribution is -2.30. The van der Waals surface area contributed by atoms with E-state index in [-0.39, 0.29) is 23.1 Å². The van der Waals surface area contributed by atoms with Crippen molar-refractivity contribution < 1.29 is 9.21 Å². The Hall–Kier alpha value is -1.89. The average molecular weight is 407 g/mol. The van der Waals surface area contributed by atoms with Gasteiger partial charge in [0.25, 0.3) is 0 Å². The summed E-state index contributed by atoms with van der Waals surface area (Å²) in [5.74, 6) is 0.158. The third kappa shape index (κ3) is 4.34. The summed E-state index contributed by atoms with van der Waals surface area (Å²) in [6.45, 7) is 3.85. The molecule has 5 nitrogen and oxygen atoms in total. The number of carbonyl (C=O) groups excluding carboxylic acids is 1. The lowest BCUT2D eigenvalue weighted by atomic mass is 10.1. The van der Waals surface area contributed by atoms with Crippen molar-refractivity contribution in [3.63, 3.8) is 0 Å². The summed E-state index contributed by atoms with van der Waals surface area (Å²) in [6, 6.07) is 8.81. The Morgan fingerprint density at radius 3 is 2.56 bits per heavy atom. The summed E-state index contributed by atoms with van der Waals surface area (Å²) < 4.78 is 7.88. The minimum absolute atomic E-state index is 0. The van der Waals surface area contributed by atoms with E-state index in [0.29, 0.717) is 17.9 Å². The maximum atomic E-state index is 12.4. The van der Waals surface area contributed by atoms with E-state index >= 15 is 0 Å². The van der Waals surface area contributed by atoms with E-state index in [9.17, 15) is 9.59 Å². The number of carbonyl (C=O) groups is 1. The molecule has 1 aromatic carbocycles. The highest BCUT2D eigenvalue weighted by Crippen LogP contribution is 2.21. The van der Waals surface area contributed by atoms with Gasteiger partial charge in [-0.15, -0.1) is 12.4 Å². The van der Waals surface area contributed by atoms with Gasteiger partial charge in [0.15, 0.2) is 5.76 Å². The highest BCUT2D eigenvalue weighted by atomic mass is 35.5. The minimum Gasteiger partial charge on any atom is -0.461 e. The molecule has 0 saturated carbocycles. The molecule has 0 unspecified atom stereocenters. The highest BCUT2D eigenvalue weighted by Gasteiger charge is 2.16. The number of aromatic nitrogens is 1. The first kappa shape index (κ1) is 19.9. The lowest BCUT2D eigenvalue weighted by molar-refractivity contribution is 0.101.